The van der Waals surface area contributed by atoms with Gasteiger partial charge in [0.15, 0.2) is 0 Å². The lowest BCUT2D eigenvalue weighted by molar-refractivity contribution is -0.126. The molecule has 1 aliphatic heterocycles. The molecule has 7 heteroatoms. The summed E-state index contributed by atoms with van der Waals surface area (Å²) in [5, 5.41) is 5.65. The molecule has 0 unspecified atom stereocenters. The van der Waals surface area contributed by atoms with E-state index in [-0.39, 0.29) is 23.6 Å². The van der Waals surface area contributed by atoms with Crippen LogP contribution in [0.4, 0.5) is 5.69 Å². The number of amides is 3. The number of carbonyl (C=O) groups is 3. The average Bonchev–Trinajstić information content (AvgIpc) is 3.20. The summed E-state index contributed by atoms with van der Waals surface area (Å²) in [6.07, 6.45) is 5.41. The molecule has 170 valence electrons. The molecule has 1 aliphatic carbocycles. The summed E-state index contributed by atoms with van der Waals surface area (Å²) in [5.74, 6) is -0.381. The van der Waals surface area contributed by atoms with Crippen molar-refractivity contribution >= 4 is 34.7 Å². The second-order valence-corrected chi connectivity index (χ2v) is 10.3. The number of nitrogens with one attached hydrogen (secondary N) is 2. The molecule has 6 nitrogen and oxygen atoms in total. The number of benzene rings is 1. The van der Waals surface area contributed by atoms with Crippen LogP contribution >= 0.6 is 11.3 Å². The lowest BCUT2D eigenvalue weighted by atomic mass is 9.98. The fourth-order valence-electron chi connectivity index (χ4n) is 4.53. The number of anilines is 1. The highest BCUT2D eigenvalue weighted by Crippen LogP contribution is 2.31. The minimum Gasteiger partial charge on any atom is -0.344 e. The molecule has 1 aromatic carbocycles. The lowest BCUT2D eigenvalue weighted by Crippen LogP contribution is -2.46. The Balaban J connectivity index is 1.46. The van der Waals surface area contributed by atoms with Gasteiger partial charge >= 0.3 is 0 Å². The number of fused-ring (bicyclic) bond motifs is 2. The molecule has 0 radical (unpaired) electrons. The Kier molecular flexibility index (Phi) is 6.65. The summed E-state index contributed by atoms with van der Waals surface area (Å²) in [6, 6.07) is 7.39. The Morgan fingerprint density at radius 1 is 1.00 bits per heavy atom. The first-order valence-corrected chi connectivity index (χ1v) is 12.2. The topological polar surface area (TPSA) is 78.5 Å². The average molecular weight is 454 g/mol. The van der Waals surface area contributed by atoms with Crippen molar-refractivity contribution in [1.82, 2.24) is 10.2 Å². The van der Waals surface area contributed by atoms with E-state index >= 15 is 0 Å². The molecule has 0 spiro atoms. The van der Waals surface area contributed by atoms with E-state index in [1.807, 2.05) is 36.9 Å². The van der Waals surface area contributed by atoms with Gasteiger partial charge in [-0.25, -0.2) is 0 Å². The van der Waals surface area contributed by atoms with Gasteiger partial charge in [-0.1, -0.05) is 19.9 Å². The predicted octanol–water partition coefficient (Wildman–Crippen LogP) is 3.92. The van der Waals surface area contributed by atoms with Crippen molar-refractivity contribution < 1.29 is 14.4 Å². The maximum Gasteiger partial charge on any atom is 0.264 e. The van der Waals surface area contributed by atoms with Gasteiger partial charge in [-0.3, -0.25) is 14.4 Å². The first-order chi connectivity index (χ1) is 15.3. The monoisotopic (exact) mass is 453 g/mol. The van der Waals surface area contributed by atoms with Crippen molar-refractivity contribution in [1.29, 1.82) is 0 Å². The van der Waals surface area contributed by atoms with Gasteiger partial charge in [0.25, 0.3) is 5.91 Å². The van der Waals surface area contributed by atoms with Gasteiger partial charge < -0.3 is 15.5 Å². The predicted molar refractivity (Wildman–Crippen MR) is 127 cm³/mol. The van der Waals surface area contributed by atoms with Crippen molar-refractivity contribution in [2.45, 2.75) is 65.5 Å². The van der Waals surface area contributed by atoms with E-state index in [1.54, 1.807) is 11.3 Å². The smallest absolute Gasteiger partial charge is 0.264 e. The van der Waals surface area contributed by atoms with Crippen LogP contribution in [0.15, 0.2) is 24.3 Å². The first kappa shape index (κ1) is 22.5. The van der Waals surface area contributed by atoms with E-state index in [4.69, 9.17) is 0 Å². The molecule has 0 saturated carbocycles. The van der Waals surface area contributed by atoms with Gasteiger partial charge in [-0.05, 0) is 72.9 Å². The number of hydrogen-bond acceptors (Lipinski definition) is 4. The van der Waals surface area contributed by atoms with Gasteiger partial charge in [0.1, 0.15) is 6.04 Å². The van der Waals surface area contributed by atoms with E-state index in [9.17, 15) is 14.4 Å². The largest absolute Gasteiger partial charge is 0.344 e. The molecule has 2 aliphatic rings. The number of thiophene rings is 1. The third-order valence-electron chi connectivity index (χ3n) is 6.29. The molecule has 32 heavy (non-hydrogen) atoms. The van der Waals surface area contributed by atoms with Crippen LogP contribution in [-0.2, 0) is 35.4 Å². The Morgan fingerprint density at radius 2 is 1.78 bits per heavy atom. The minimum atomic E-state index is -0.591. The Bertz CT molecular complexity index is 1020. The summed E-state index contributed by atoms with van der Waals surface area (Å²) in [4.78, 5) is 41.5. The van der Waals surface area contributed by atoms with Crippen molar-refractivity contribution in [3.63, 3.8) is 0 Å². The summed E-state index contributed by atoms with van der Waals surface area (Å²) in [6.45, 7) is 6.47. The molecule has 1 aromatic heterocycles. The van der Waals surface area contributed by atoms with Crippen LogP contribution in [0, 0.1) is 5.92 Å². The van der Waals surface area contributed by atoms with Crippen LogP contribution in [0.1, 0.15) is 64.9 Å². The van der Waals surface area contributed by atoms with Crippen molar-refractivity contribution in [3.8, 4) is 0 Å². The SMILES string of the molecule is CC(=O)N[C@@H](C(=O)Nc1ccc2c(c1)CN(C(=O)c1cc3c(s1)CCCC3)CC2)C(C)C. The lowest BCUT2D eigenvalue weighted by Gasteiger charge is -2.29. The summed E-state index contributed by atoms with van der Waals surface area (Å²) in [7, 11) is 0. The van der Waals surface area contributed by atoms with E-state index in [0.717, 1.165) is 29.7 Å². The summed E-state index contributed by atoms with van der Waals surface area (Å²) >= 11 is 1.66. The van der Waals surface area contributed by atoms with Crippen LogP contribution in [0.2, 0.25) is 0 Å². The zero-order valence-electron chi connectivity index (χ0n) is 19.0. The minimum absolute atomic E-state index is 0.0266. The molecule has 0 fully saturated rings. The highest BCUT2D eigenvalue weighted by Gasteiger charge is 2.26. The molecule has 1 atom stereocenters. The first-order valence-electron chi connectivity index (χ1n) is 11.4. The standard InChI is InChI=1S/C25H31N3O3S/c1-15(2)23(26-16(3)29)24(30)27-20-9-8-17-10-11-28(14-19(17)12-20)25(31)22-13-18-6-4-5-7-21(18)32-22/h8-9,12-13,15,23H,4-7,10-11,14H2,1-3H3,(H,26,29)(H,27,30)/t23-/m1/s1. The molecule has 0 bridgehead atoms. The molecule has 3 amide bonds. The molecule has 2 heterocycles. The van der Waals surface area contributed by atoms with Gasteiger partial charge in [-0.2, -0.15) is 0 Å². The van der Waals surface area contributed by atoms with E-state index in [2.05, 4.69) is 16.7 Å². The van der Waals surface area contributed by atoms with Crippen LogP contribution in [-0.4, -0.2) is 35.2 Å². The van der Waals surface area contributed by atoms with Gasteiger partial charge in [0.2, 0.25) is 11.8 Å². The Labute approximate surface area is 193 Å². The third-order valence-corrected chi connectivity index (χ3v) is 7.51. The molecular formula is C25H31N3O3S. The molecule has 0 saturated heterocycles. The number of rotatable bonds is 5. The van der Waals surface area contributed by atoms with Crippen LogP contribution in [0.25, 0.3) is 0 Å². The number of carbonyl (C=O) groups excluding carboxylic acids is 3. The van der Waals surface area contributed by atoms with Gasteiger partial charge in [0.05, 0.1) is 4.88 Å². The van der Waals surface area contributed by atoms with Crippen LogP contribution in [0.3, 0.4) is 0 Å². The zero-order valence-corrected chi connectivity index (χ0v) is 19.8. The number of hydrogen-bond donors (Lipinski definition) is 2. The molecular weight excluding hydrogens is 422 g/mol. The van der Waals surface area contributed by atoms with E-state index < -0.39 is 6.04 Å². The summed E-state index contributed by atoms with van der Waals surface area (Å²) < 4.78 is 0. The zero-order chi connectivity index (χ0) is 22.8. The van der Waals surface area contributed by atoms with Crippen molar-refractivity contribution in [2.75, 3.05) is 11.9 Å². The molecule has 2 N–H and O–H groups in total. The summed E-state index contributed by atoms with van der Waals surface area (Å²) in [5.41, 5.74) is 4.31. The number of aryl methyl sites for hydroxylation is 2. The fourth-order valence-corrected chi connectivity index (χ4v) is 5.76. The van der Waals surface area contributed by atoms with Crippen LogP contribution in [0.5, 0.6) is 0 Å². The second-order valence-electron chi connectivity index (χ2n) is 9.14. The number of nitrogens with zero attached hydrogens (tertiary/aromatic N) is 1. The highest BCUT2D eigenvalue weighted by molar-refractivity contribution is 7.14. The fraction of sp³-hybridized carbons (Fsp3) is 0.480. The van der Waals surface area contributed by atoms with Gasteiger partial charge in [-0.15, -0.1) is 11.3 Å². The Morgan fingerprint density at radius 3 is 2.50 bits per heavy atom. The van der Waals surface area contributed by atoms with Crippen molar-refractivity contribution in [3.05, 3.63) is 50.7 Å². The third kappa shape index (κ3) is 4.88. The maximum atomic E-state index is 13.2. The quantitative estimate of drug-likeness (QED) is 0.720. The van der Waals surface area contributed by atoms with E-state index in [1.165, 1.54) is 35.8 Å². The van der Waals surface area contributed by atoms with Gasteiger partial charge in [0, 0.05) is 30.6 Å². The van der Waals surface area contributed by atoms with E-state index in [0.29, 0.717) is 18.8 Å². The molecule has 2 aromatic rings. The normalized spacial score (nSPS) is 16.2. The second kappa shape index (κ2) is 9.45. The maximum absolute atomic E-state index is 13.2. The van der Waals surface area contributed by atoms with Crippen molar-refractivity contribution in [2.24, 2.45) is 5.92 Å². The van der Waals surface area contributed by atoms with Crippen LogP contribution < -0.4 is 10.6 Å². The molecule has 4 rings (SSSR count). The highest BCUT2D eigenvalue weighted by atomic mass is 32.1. The Hall–Kier alpha value is -2.67.